The van der Waals surface area contributed by atoms with Crippen LogP contribution in [0.4, 0.5) is 4.39 Å². The van der Waals surface area contributed by atoms with E-state index in [0.29, 0.717) is 24.8 Å². The average Bonchev–Trinajstić information content (AvgIpc) is 2.96. The normalized spacial score (nSPS) is 17.9. The van der Waals surface area contributed by atoms with Crippen molar-refractivity contribution in [2.75, 3.05) is 0 Å². The van der Waals surface area contributed by atoms with Crippen LogP contribution in [0.25, 0.3) is 10.2 Å². The molecular formula is C14H14FNO2S. The van der Waals surface area contributed by atoms with Gasteiger partial charge in [0, 0.05) is 12.5 Å². The molecule has 0 bridgehead atoms. The van der Waals surface area contributed by atoms with Gasteiger partial charge in [-0.1, -0.05) is 12.8 Å². The molecule has 0 atom stereocenters. The third kappa shape index (κ3) is 2.23. The number of carboxylic acid groups (broad SMARTS) is 1. The maximum atomic E-state index is 13.1. The number of benzene rings is 1. The van der Waals surface area contributed by atoms with Gasteiger partial charge >= 0.3 is 5.97 Å². The standard InChI is InChI=1S/C14H14FNO2S/c15-9-3-4-11-10(7-9)16-12(19-11)8-14(13(17)18)5-1-2-6-14/h3-4,7H,1-2,5-6,8H2,(H,17,18). The molecule has 1 aromatic carbocycles. The molecular weight excluding hydrogens is 265 g/mol. The molecule has 1 aliphatic rings. The van der Waals surface area contributed by atoms with Crippen molar-refractivity contribution in [2.24, 2.45) is 5.41 Å². The molecule has 100 valence electrons. The summed E-state index contributed by atoms with van der Waals surface area (Å²) in [4.78, 5) is 15.9. The summed E-state index contributed by atoms with van der Waals surface area (Å²) >= 11 is 1.47. The van der Waals surface area contributed by atoms with Gasteiger partial charge in [0.15, 0.2) is 0 Å². The number of halogens is 1. The Hall–Kier alpha value is -1.49. The molecule has 2 aromatic rings. The van der Waals surface area contributed by atoms with E-state index in [9.17, 15) is 14.3 Å². The van der Waals surface area contributed by atoms with Crippen LogP contribution in [0.5, 0.6) is 0 Å². The lowest BCUT2D eigenvalue weighted by molar-refractivity contribution is -0.148. The second-order valence-corrected chi connectivity index (χ2v) is 6.30. The number of nitrogens with zero attached hydrogens (tertiary/aromatic N) is 1. The highest BCUT2D eigenvalue weighted by Gasteiger charge is 2.42. The van der Waals surface area contributed by atoms with Crippen molar-refractivity contribution in [1.82, 2.24) is 4.98 Å². The smallest absolute Gasteiger partial charge is 0.310 e. The van der Waals surface area contributed by atoms with Crippen LogP contribution in [-0.4, -0.2) is 16.1 Å². The van der Waals surface area contributed by atoms with Crippen molar-refractivity contribution in [2.45, 2.75) is 32.1 Å². The predicted molar refractivity (Wildman–Crippen MR) is 71.8 cm³/mol. The first-order valence-corrected chi connectivity index (χ1v) is 7.19. The van der Waals surface area contributed by atoms with Crippen molar-refractivity contribution in [3.63, 3.8) is 0 Å². The van der Waals surface area contributed by atoms with E-state index in [1.807, 2.05) is 0 Å². The van der Waals surface area contributed by atoms with E-state index in [1.54, 1.807) is 6.07 Å². The summed E-state index contributed by atoms with van der Waals surface area (Å²) in [6, 6.07) is 4.51. The lowest BCUT2D eigenvalue weighted by Gasteiger charge is -2.21. The largest absolute Gasteiger partial charge is 0.481 e. The fourth-order valence-corrected chi connectivity index (χ4v) is 3.92. The molecule has 1 N–H and O–H groups in total. The Balaban J connectivity index is 1.94. The lowest BCUT2D eigenvalue weighted by Crippen LogP contribution is -2.30. The Kier molecular flexibility index (Phi) is 3.01. The summed E-state index contributed by atoms with van der Waals surface area (Å²) < 4.78 is 14.0. The molecule has 19 heavy (non-hydrogen) atoms. The highest BCUT2D eigenvalue weighted by atomic mass is 32.1. The van der Waals surface area contributed by atoms with E-state index in [1.165, 1.54) is 23.5 Å². The van der Waals surface area contributed by atoms with Crippen LogP contribution in [0.1, 0.15) is 30.7 Å². The van der Waals surface area contributed by atoms with Crippen molar-refractivity contribution >= 4 is 27.5 Å². The topological polar surface area (TPSA) is 50.2 Å². The van der Waals surface area contributed by atoms with E-state index in [-0.39, 0.29) is 5.82 Å². The third-order valence-electron chi connectivity index (χ3n) is 3.90. The van der Waals surface area contributed by atoms with Crippen molar-refractivity contribution in [1.29, 1.82) is 0 Å². The fourth-order valence-electron chi connectivity index (χ4n) is 2.83. The van der Waals surface area contributed by atoms with Gasteiger partial charge in [-0.25, -0.2) is 9.37 Å². The van der Waals surface area contributed by atoms with Crippen LogP contribution >= 0.6 is 11.3 Å². The van der Waals surface area contributed by atoms with Gasteiger partial charge in [0.25, 0.3) is 0 Å². The first-order chi connectivity index (χ1) is 9.09. The van der Waals surface area contributed by atoms with Crippen LogP contribution in [0, 0.1) is 11.2 Å². The maximum absolute atomic E-state index is 13.1. The Morgan fingerprint density at radius 2 is 2.16 bits per heavy atom. The molecule has 0 spiro atoms. The minimum absolute atomic E-state index is 0.307. The summed E-state index contributed by atoms with van der Waals surface area (Å²) in [6.45, 7) is 0. The zero-order valence-corrected chi connectivity index (χ0v) is 11.2. The highest BCUT2D eigenvalue weighted by Crippen LogP contribution is 2.42. The lowest BCUT2D eigenvalue weighted by atomic mass is 9.83. The molecule has 1 fully saturated rings. The van der Waals surface area contributed by atoms with E-state index in [0.717, 1.165) is 22.5 Å². The molecule has 0 amide bonds. The van der Waals surface area contributed by atoms with E-state index < -0.39 is 11.4 Å². The molecule has 5 heteroatoms. The summed E-state index contributed by atoms with van der Waals surface area (Å²) in [6.07, 6.45) is 3.82. The van der Waals surface area contributed by atoms with Gasteiger partial charge < -0.3 is 5.11 Å². The van der Waals surface area contributed by atoms with Crippen LogP contribution in [0.2, 0.25) is 0 Å². The zero-order valence-electron chi connectivity index (χ0n) is 10.4. The minimum Gasteiger partial charge on any atom is -0.481 e. The van der Waals surface area contributed by atoms with Gasteiger partial charge in [-0.3, -0.25) is 4.79 Å². The van der Waals surface area contributed by atoms with Crippen LogP contribution in [0.3, 0.4) is 0 Å². The maximum Gasteiger partial charge on any atom is 0.310 e. The van der Waals surface area contributed by atoms with Crippen molar-refractivity contribution in [3.8, 4) is 0 Å². The van der Waals surface area contributed by atoms with Crippen LogP contribution < -0.4 is 0 Å². The van der Waals surface area contributed by atoms with E-state index in [4.69, 9.17) is 0 Å². The molecule has 1 aromatic heterocycles. The molecule has 1 heterocycles. The SMILES string of the molecule is O=C(O)C1(Cc2nc3cc(F)ccc3s2)CCCC1. The number of thiazole rings is 1. The van der Waals surface area contributed by atoms with Gasteiger partial charge in [-0.05, 0) is 25.0 Å². The molecule has 3 rings (SSSR count). The zero-order chi connectivity index (χ0) is 13.5. The Morgan fingerprint density at radius 3 is 2.84 bits per heavy atom. The number of rotatable bonds is 3. The van der Waals surface area contributed by atoms with E-state index in [2.05, 4.69) is 4.98 Å². The number of aromatic nitrogens is 1. The number of carbonyl (C=O) groups is 1. The predicted octanol–water partition coefficient (Wildman–Crippen LogP) is 3.62. The second-order valence-electron chi connectivity index (χ2n) is 5.19. The molecule has 0 aliphatic heterocycles. The van der Waals surface area contributed by atoms with Gasteiger partial charge in [0.2, 0.25) is 0 Å². The number of hydrogen-bond donors (Lipinski definition) is 1. The Morgan fingerprint density at radius 1 is 1.42 bits per heavy atom. The van der Waals surface area contributed by atoms with Gasteiger partial charge in [0.1, 0.15) is 5.82 Å². The van der Waals surface area contributed by atoms with Crippen LogP contribution in [0.15, 0.2) is 18.2 Å². The molecule has 0 unspecified atom stereocenters. The molecule has 0 saturated heterocycles. The number of hydrogen-bond acceptors (Lipinski definition) is 3. The first kappa shape index (κ1) is 12.5. The van der Waals surface area contributed by atoms with Crippen molar-refractivity contribution < 1.29 is 14.3 Å². The molecule has 1 aliphatic carbocycles. The third-order valence-corrected chi connectivity index (χ3v) is 4.93. The summed E-state index contributed by atoms with van der Waals surface area (Å²) in [5, 5.41) is 10.3. The first-order valence-electron chi connectivity index (χ1n) is 6.37. The summed E-state index contributed by atoms with van der Waals surface area (Å²) in [7, 11) is 0. The van der Waals surface area contributed by atoms with Gasteiger partial charge in [-0.2, -0.15) is 0 Å². The minimum atomic E-state index is -0.726. The quantitative estimate of drug-likeness (QED) is 0.933. The molecule has 0 radical (unpaired) electrons. The molecule has 3 nitrogen and oxygen atoms in total. The highest BCUT2D eigenvalue weighted by molar-refractivity contribution is 7.18. The van der Waals surface area contributed by atoms with E-state index >= 15 is 0 Å². The van der Waals surface area contributed by atoms with Gasteiger partial charge in [0.05, 0.1) is 20.6 Å². The number of fused-ring (bicyclic) bond motifs is 1. The number of carboxylic acids is 1. The average molecular weight is 279 g/mol. The number of aliphatic carboxylic acids is 1. The Labute approximate surface area is 114 Å². The Bertz CT molecular complexity index is 631. The van der Waals surface area contributed by atoms with Crippen LogP contribution in [-0.2, 0) is 11.2 Å². The van der Waals surface area contributed by atoms with Gasteiger partial charge in [-0.15, -0.1) is 11.3 Å². The summed E-state index contributed by atoms with van der Waals surface area (Å²) in [5.41, 5.74) is -0.0367. The molecule has 1 saturated carbocycles. The fraction of sp³-hybridized carbons (Fsp3) is 0.429. The monoisotopic (exact) mass is 279 g/mol. The second kappa shape index (κ2) is 4.56. The summed E-state index contributed by atoms with van der Waals surface area (Å²) in [5.74, 6) is -1.03. The van der Waals surface area contributed by atoms with Crippen molar-refractivity contribution in [3.05, 3.63) is 29.0 Å².